The van der Waals surface area contributed by atoms with Gasteiger partial charge in [-0.25, -0.2) is 0 Å². The van der Waals surface area contributed by atoms with Crippen LogP contribution in [0.25, 0.3) is 0 Å². The van der Waals surface area contributed by atoms with Gasteiger partial charge in [0, 0.05) is 17.2 Å². The number of hydrogen-bond donors (Lipinski definition) is 0. The Hall–Kier alpha value is 0.580. The third-order valence-electron chi connectivity index (χ3n) is 4.21. The molecule has 0 bridgehead atoms. The van der Waals surface area contributed by atoms with Gasteiger partial charge in [0.25, 0.3) is 0 Å². The Bertz CT molecular complexity index is 179. The second-order valence-corrected chi connectivity index (χ2v) is 6.43. The van der Waals surface area contributed by atoms with Crippen LogP contribution in [0, 0.1) is 17.3 Å². The fourth-order valence-electron chi connectivity index (χ4n) is 2.99. The van der Waals surface area contributed by atoms with Crippen molar-refractivity contribution < 1.29 is 0 Å². The molecule has 16 heavy (non-hydrogen) atoms. The second kappa shape index (κ2) is 7.11. The molecule has 0 aliphatic heterocycles. The van der Waals surface area contributed by atoms with Crippen molar-refractivity contribution in [3.8, 4) is 0 Å². The van der Waals surface area contributed by atoms with Crippen LogP contribution < -0.4 is 0 Å². The van der Waals surface area contributed by atoms with Crippen LogP contribution in [0.1, 0.15) is 58.8 Å². The summed E-state index contributed by atoms with van der Waals surface area (Å²) in [5, 5.41) is 0. The fourth-order valence-corrected chi connectivity index (χ4v) is 3.98. The molecule has 0 saturated heterocycles. The van der Waals surface area contributed by atoms with Crippen molar-refractivity contribution in [1.82, 2.24) is 0 Å². The van der Waals surface area contributed by atoms with E-state index in [-0.39, 0.29) is 5.41 Å². The first-order chi connectivity index (χ1) is 7.64. The molecular weight excluding hydrogens is 239 g/mol. The van der Waals surface area contributed by atoms with Crippen molar-refractivity contribution in [3.63, 3.8) is 0 Å². The zero-order chi connectivity index (χ0) is 12.0. The summed E-state index contributed by atoms with van der Waals surface area (Å²) in [6.45, 7) is 4.58. The number of hydrogen-bond acceptors (Lipinski definition) is 0. The van der Waals surface area contributed by atoms with Gasteiger partial charge in [0.2, 0.25) is 0 Å². The van der Waals surface area contributed by atoms with Gasteiger partial charge in [0.1, 0.15) is 0 Å². The summed E-state index contributed by atoms with van der Waals surface area (Å²) in [7, 11) is 0. The summed E-state index contributed by atoms with van der Waals surface area (Å²) in [5.74, 6) is 3.08. The van der Waals surface area contributed by atoms with Gasteiger partial charge in [-0.15, -0.1) is 23.2 Å². The summed E-state index contributed by atoms with van der Waals surface area (Å²) < 4.78 is 0. The maximum atomic E-state index is 6.24. The monoisotopic (exact) mass is 264 g/mol. The summed E-state index contributed by atoms with van der Waals surface area (Å²) in [5.41, 5.74) is 0.231. The van der Waals surface area contributed by atoms with Gasteiger partial charge in [-0.1, -0.05) is 39.5 Å². The van der Waals surface area contributed by atoms with E-state index in [1.54, 1.807) is 0 Å². The Labute approximate surface area is 111 Å². The molecule has 0 heterocycles. The molecule has 0 N–H and O–H groups in total. The highest BCUT2D eigenvalue weighted by molar-refractivity contribution is 6.21. The predicted molar refractivity (Wildman–Crippen MR) is 74.5 cm³/mol. The zero-order valence-electron chi connectivity index (χ0n) is 10.8. The molecule has 0 aromatic heterocycles. The van der Waals surface area contributed by atoms with Gasteiger partial charge in [-0.3, -0.25) is 0 Å². The molecule has 1 aliphatic rings. The van der Waals surface area contributed by atoms with Gasteiger partial charge in [-0.05, 0) is 31.1 Å². The van der Waals surface area contributed by atoms with Crippen molar-refractivity contribution in [2.24, 2.45) is 17.3 Å². The third-order valence-corrected chi connectivity index (χ3v) is 5.27. The number of alkyl halides is 2. The summed E-state index contributed by atoms with van der Waals surface area (Å²) >= 11 is 12.5. The highest BCUT2D eigenvalue weighted by atomic mass is 35.5. The topological polar surface area (TPSA) is 0 Å². The highest BCUT2D eigenvalue weighted by Crippen LogP contribution is 2.45. The molecule has 0 unspecified atom stereocenters. The first kappa shape index (κ1) is 14.6. The van der Waals surface area contributed by atoms with Gasteiger partial charge in [0.15, 0.2) is 0 Å². The lowest BCUT2D eigenvalue weighted by Gasteiger charge is -2.36. The van der Waals surface area contributed by atoms with Crippen LogP contribution in [-0.2, 0) is 0 Å². The van der Waals surface area contributed by atoms with Crippen molar-refractivity contribution in [2.45, 2.75) is 58.8 Å². The van der Waals surface area contributed by atoms with Crippen LogP contribution >= 0.6 is 23.2 Å². The van der Waals surface area contributed by atoms with Crippen molar-refractivity contribution >= 4 is 23.2 Å². The molecule has 0 nitrogen and oxygen atoms in total. The summed E-state index contributed by atoms with van der Waals surface area (Å²) in [6.07, 6.45) is 9.27. The van der Waals surface area contributed by atoms with E-state index in [1.807, 2.05) is 0 Å². The quantitative estimate of drug-likeness (QED) is 0.536. The fraction of sp³-hybridized carbons (Fsp3) is 1.00. The molecule has 1 rings (SSSR count). The molecular formula is C14H26Cl2. The van der Waals surface area contributed by atoms with E-state index < -0.39 is 0 Å². The molecule has 1 fully saturated rings. The predicted octanol–water partition coefficient (Wildman–Crippen LogP) is 5.47. The Morgan fingerprint density at radius 3 is 2.12 bits per heavy atom. The van der Waals surface area contributed by atoms with Gasteiger partial charge in [-0.2, -0.15) is 0 Å². The van der Waals surface area contributed by atoms with Crippen LogP contribution in [0.4, 0.5) is 0 Å². The van der Waals surface area contributed by atoms with E-state index in [9.17, 15) is 0 Å². The van der Waals surface area contributed by atoms with Gasteiger partial charge in [0.05, 0.1) is 0 Å². The van der Waals surface area contributed by atoms with Crippen molar-refractivity contribution in [3.05, 3.63) is 0 Å². The smallest absolute Gasteiger partial charge is 0.0294 e. The average molecular weight is 265 g/mol. The molecule has 0 aromatic carbocycles. The Balaban J connectivity index is 2.49. The first-order valence-electron chi connectivity index (χ1n) is 6.76. The first-order valence-corrected chi connectivity index (χ1v) is 7.83. The summed E-state index contributed by atoms with van der Waals surface area (Å²) in [4.78, 5) is 0. The van der Waals surface area contributed by atoms with E-state index in [1.165, 1.54) is 44.9 Å². The maximum absolute atomic E-state index is 6.24. The Morgan fingerprint density at radius 1 is 1.12 bits per heavy atom. The lowest BCUT2D eigenvalue weighted by atomic mass is 9.73. The Morgan fingerprint density at radius 2 is 1.69 bits per heavy atom. The van der Waals surface area contributed by atoms with E-state index >= 15 is 0 Å². The normalized spacial score (nSPS) is 18.6. The SMILES string of the molecule is CC(C)CCCC(CCl)(CCl)C1CCCC1. The largest absolute Gasteiger partial charge is 0.126 e. The van der Waals surface area contributed by atoms with Crippen LogP contribution in [0.5, 0.6) is 0 Å². The number of rotatable bonds is 7. The minimum absolute atomic E-state index is 0.231. The van der Waals surface area contributed by atoms with Crippen LogP contribution in [0.15, 0.2) is 0 Å². The minimum Gasteiger partial charge on any atom is -0.126 e. The van der Waals surface area contributed by atoms with Gasteiger partial charge < -0.3 is 0 Å². The third kappa shape index (κ3) is 3.81. The molecule has 0 amide bonds. The van der Waals surface area contributed by atoms with E-state index in [2.05, 4.69) is 13.8 Å². The highest BCUT2D eigenvalue weighted by Gasteiger charge is 2.38. The molecule has 1 saturated carbocycles. The van der Waals surface area contributed by atoms with Crippen LogP contribution in [-0.4, -0.2) is 11.8 Å². The minimum atomic E-state index is 0.231. The van der Waals surface area contributed by atoms with Crippen molar-refractivity contribution in [1.29, 1.82) is 0 Å². The molecule has 0 aromatic rings. The van der Waals surface area contributed by atoms with Crippen LogP contribution in [0.2, 0.25) is 0 Å². The summed E-state index contributed by atoms with van der Waals surface area (Å²) in [6, 6.07) is 0. The standard InChI is InChI=1S/C14H26Cl2/c1-12(2)6-5-9-14(10-15,11-16)13-7-3-4-8-13/h12-13H,3-11H2,1-2H3. The van der Waals surface area contributed by atoms with E-state index in [0.717, 1.165) is 23.6 Å². The van der Waals surface area contributed by atoms with E-state index in [4.69, 9.17) is 23.2 Å². The van der Waals surface area contributed by atoms with Crippen LogP contribution in [0.3, 0.4) is 0 Å². The molecule has 0 radical (unpaired) electrons. The molecule has 96 valence electrons. The zero-order valence-corrected chi connectivity index (χ0v) is 12.3. The lowest BCUT2D eigenvalue weighted by Crippen LogP contribution is -2.33. The lowest BCUT2D eigenvalue weighted by molar-refractivity contribution is 0.199. The second-order valence-electron chi connectivity index (χ2n) is 5.90. The molecule has 0 atom stereocenters. The maximum Gasteiger partial charge on any atom is 0.0294 e. The number of halogens is 2. The molecule has 0 spiro atoms. The van der Waals surface area contributed by atoms with Gasteiger partial charge >= 0.3 is 0 Å². The Kier molecular flexibility index (Phi) is 6.51. The van der Waals surface area contributed by atoms with E-state index in [0.29, 0.717) is 0 Å². The average Bonchev–Trinajstić information content (AvgIpc) is 2.78. The molecule has 1 aliphatic carbocycles. The molecule has 2 heteroatoms. The van der Waals surface area contributed by atoms with Crippen molar-refractivity contribution in [2.75, 3.05) is 11.8 Å².